The van der Waals surface area contributed by atoms with Gasteiger partial charge in [-0.3, -0.25) is 0 Å². The third kappa shape index (κ3) is 5.48. The highest BCUT2D eigenvalue weighted by Gasteiger charge is 2.49. The second-order valence-electron chi connectivity index (χ2n) is 12.1. The number of nitrogens with zero attached hydrogens (tertiary/aromatic N) is 4. The molecule has 0 fully saturated rings. The van der Waals surface area contributed by atoms with Crippen LogP contribution < -0.4 is 16.3 Å². The van der Waals surface area contributed by atoms with Crippen molar-refractivity contribution >= 4 is 41.6 Å². The molecule has 2 aromatic heterocycles. The van der Waals surface area contributed by atoms with Gasteiger partial charge in [-0.2, -0.15) is 0 Å². The Morgan fingerprint density at radius 1 is 0.765 bits per heavy atom. The molecule has 0 aliphatic carbocycles. The van der Waals surface area contributed by atoms with Crippen molar-refractivity contribution < 1.29 is 0 Å². The van der Waals surface area contributed by atoms with Crippen molar-refractivity contribution in [2.24, 2.45) is 10.8 Å². The highest BCUT2D eigenvalue weighted by Crippen LogP contribution is 2.59. The van der Waals surface area contributed by atoms with E-state index in [1.54, 1.807) is 0 Å². The normalized spacial score (nSPS) is 13.4. The fourth-order valence-corrected chi connectivity index (χ4v) is 8.13. The average molecular weight is 511 g/mol. The highest BCUT2D eigenvalue weighted by molar-refractivity contribution is 7.71. The molecule has 3 rings (SSSR count). The Morgan fingerprint density at radius 3 is 1.59 bits per heavy atom. The van der Waals surface area contributed by atoms with Gasteiger partial charge in [-0.15, -0.1) is 9.24 Å². The molecule has 0 N–H and O–H groups in total. The number of benzene rings is 1. The van der Waals surface area contributed by atoms with Gasteiger partial charge in [0.15, 0.2) is 11.1 Å². The summed E-state index contributed by atoms with van der Waals surface area (Å²) < 4.78 is 0. The topological polar surface area (TPSA) is 51.6 Å². The first-order chi connectivity index (χ1) is 15.7. The maximum atomic E-state index is 4.65. The Morgan fingerprint density at radius 2 is 1.21 bits per heavy atom. The summed E-state index contributed by atoms with van der Waals surface area (Å²) in [6.45, 7) is 21.4. The van der Waals surface area contributed by atoms with Crippen molar-refractivity contribution in [3.05, 3.63) is 66.2 Å². The van der Waals surface area contributed by atoms with Gasteiger partial charge in [0.25, 0.3) is 0 Å². The third-order valence-corrected chi connectivity index (χ3v) is 12.8. The molecule has 0 aliphatic rings. The van der Waals surface area contributed by atoms with E-state index in [2.05, 4.69) is 109 Å². The van der Waals surface area contributed by atoms with E-state index in [0.29, 0.717) is 0 Å². The molecule has 0 saturated heterocycles. The second kappa shape index (κ2) is 9.84. The van der Waals surface area contributed by atoms with Crippen molar-refractivity contribution in [1.82, 2.24) is 19.9 Å². The van der Waals surface area contributed by atoms with Gasteiger partial charge in [0.2, 0.25) is 0 Å². The van der Waals surface area contributed by atoms with Crippen LogP contribution in [-0.4, -0.2) is 28.0 Å². The van der Waals surface area contributed by atoms with E-state index in [1.165, 1.54) is 16.3 Å². The van der Waals surface area contributed by atoms with E-state index in [-0.39, 0.29) is 16.0 Å². The molecule has 1 atom stereocenters. The van der Waals surface area contributed by atoms with Crippen molar-refractivity contribution in [1.29, 1.82) is 0 Å². The number of hydrogen-bond donors (Lipinski definition) is 0. The van der Waals surface area contributed by atoms with Gasteiger partial charge in [-0.1, -0.05) is 84.6 Å². The SMILES string of the molecule is CC(C)(C)C(P)(c1ccc([Si](C)(C)C)cc1CP(c1ncccn1)c1ncccn1)C(C)(C)C. The van der Waals surface area contributed by atoms with Crippen LogP contribution in [0.25, 0.3) is 0 Å². The summed E-state index contributed by atoms with van der Waals surface area (Å²) in [6.07, 6.45) is 8.11. The number of hydrogen-bond acceptors (Lipinski definition) is 4. The predicted molar refractivity (Wildman–Crippen MR) is 154 cm³/mol. The second-order valence-corrected chi connectivity index (χ2v) is 20.0. The molecule has 2 heterocycles. The fraction of sp³-hybridized carbons (Fsp3) is 0.481. The molecule has 3 aromatic rings. The summed E-state index contributed by atoms with van der Waals surface area (Å²) in [5, 5.41) is 1.34. The molecular formula is C27H40N4P2Si. The maximum absolute atomic E-state index is 4.65. The van der Waals surface area contributed by atoms with Gasteiger partial charge in [0.05, 0.1) is 8.07 Å². The smallest absolute Gasteiger partial charge is 0.158 e. The molecule has 7 heteroatoms. The third-order valence-electron chi connectivity index (χ3n) is 6.68. The summed E-state index contributed by atoms with van der Waals surface area (Å²) >= 11 is 0. The average Bonchev–Trinajstić information content (AvgIpc) is 2.76. The fourth-order valence-electron chi connectivity index (χ4n) is 4.77. The lowest BCUT2D eigenvalue weighted by Gasteiger charge is -2.52. The minimum Gasteiger partial charge on any atom is -0.237 e. The number of rotatable bonds is 6. The Kier molecular flexibility index (Phi) is 7.83. The van der Waals surface area contributed by atoms with Gasteiger partial charge in [-0.25, -0.2) is 19.9 Å². The van der Waals surface area contributed by atoms with Crippen LogP contribution in [-0.2, 0) is 11.3 Å². The lowest BCUT2D eigenvalue weighted by molar-refractivity contribution is 0.139. The Bertz CT molecular complexity index is 1050. The van der Waals surface area contributed by atoms with Crippen LogP contribution in [0.5, 0.6) is 0 Å². The summed E-state index contributed by atoms with van der Waals surface area (Å²) in [5.74, 6) is 0. The standard InChI is InChI=1S/C27H40N4P2Si/c1-25(2,3)27(32,26(4,5)6)22-13-12-21(34(7,8)9)18-20(22)19-33(23-28-14-10-15-29-23)24-30-16-11-17-31-24/h10-18H,19,32H2,1-9H3. The lowest BCUT2D eigenvalue weighted by Crippen LogP contribution is -2.46. The maximum Gasteiger partial charge on any atom is 0.158 e. The zero-order valence-corrected chi connectivity index (χ0v) is 25.3. The van der Waals surface area contributed by atoms with Crippen LogP contribution in [0.2, 0.25) is 19.6 Å². The van der Waals surface area contributed by atoms with E-state index in [0.717, 1.165) is 17.3 Å². The largest absolute Gasteiger partial charge is 0.237 e. The molecular weight excluding hydrogens is 470 g/mol. The molecule has 34 heavy (non-hydrogen) atoms. The van der Waals surface area contributed by atoms with Crippen LogP contribution in [0.3, 0.4) is 0 Å². The first kappa shape index (κ1) is 27.1. The van der Waals surface area contributed by atoms with Gasteiger partial charge >= 0.3 is 0 Å². The summed E-state index contributed by atoms with van der Waals surface area (Å²) in [7, 11) is 0.819. The zero-order chi connectivity index (χ0) is 25.4. The summed E-state index contributed by atoms with van der Waals surface area (Å²) in [6, 6.07) is 11.0. The molecule has 0 saturated carbocycles. The van der Waals surface area contributed by atoms with Crippen molar-refractivity contribution in [2.75, 3.05) is 0 Å². The minimum absolute atomic E-state index is 0.0284. The van der Waals surface area contributed by atoms with Crippen LogP contribution in [0.1, 0.15) is 52.7 Å². The Hall–Kier alpha value is -1.54. The van der Waals surface area contributed by atoms with Gasteiger partial charge < -0.3 is 0 Å². The van der Waals surface area contributed by atoms with E-state index < -0.39 is 16.0 Å². The van der Waals surface area contributed by atoms with Gasteiger partial charge in [-0.05, 0) is 34.1 Å². The first-order valence-electron chi connectivity index (χ1n) is 11.9. The lowest BCUT2D eigenvalue weighted by atomic mass is 9.62. The molecule has 0 bridgehead atoms. The van der Waals surface area contributed by atoms with E-state index >= 15 is 0 Å². The Labute approximate surface area is 210 Å². The van der Waals surface area contributed by atoms with Crippen LogP contribution in [0.4, 0.5) is 0 Å². The van der Waals surface area contributed by atoms with E-state index in [1.807, 2.05) is 36.9 Å². The molecule has 182 valence electrons. The summed E-state index contributed by atoms with van der Waals surface area (Å²) in [5.41, 5.74) is 4.47. The monoisotopic (exact) mass is 510 g/mol. The molecule has 0 aliphatic heterocycles. The minimum atomic E-state index is -1.51. The Balaban J connectivity index is 2.28. The summed E-state index contributed by atoms with van der Waals surface area (Å²) in [4.78, 5) is 18.6. The van der Waals surface area contributed by atoms with Crippen LogP contribution in [0, 0.1) is 10.8 Å². The molecule has 4 nitrogen and oxygen atoms in total. The quantitative estimate of drug-likeness (QED) is 0.320. The van der Waals surface area contributed by atoms with Crippen molar-refractivity contribution in [2.45, 2.75) is 72.5 Å². The first-order valence-corrected chi connectivity index (χ1v) is 17.5. The molecule has 0 spiro atoms. The number of aromatic nitrogens is 4. The van der Waals surface area contributed by atoms with E-state index in [4.69, 9.17) is 0 Å². The molecule has 0 amide bonds. The van der Waals surface area contributed by atoms with Crippen molar-refractivity contribution in [3.63, 3.8) is 0 Å². The van der Waals surface area contributed by atoms with Gasteiger partial charge in [0, 0.05) is 44.0 Å². The zero-order valence-electron chi connectivity index (χ0n) is 22.2. The van der Waals surface area contributed by atoms with E-state index in [9.17, 15) is 0 Å². The van der Waals surface area contributed by atoms with Crippen LogP contribution >= 0.6 is 17.2 Å². The molecule has 1 unspecified atom stereocenters. The van der Waals surface area contributed by atoms with Gasteiger partial charge in [0.1, 0.15) is 0 Å². The molecule has 1 aromatic carbocycles. The van der Waals surface area contributed by atoms with Crippen molar-refractivity contribution in [3.8, 4) is 0 Å². The highest BCUT2D eigenvalue weighted by atomic mass is 31.1. The molecule has 0 radical (unpaired) electrons. The van der Waals surface area contributed by atoms with Crippen LogP contribution in [0.15, 0.2) is 55.1 Å². The predicted octanol–water partition coefficient (Wildman–Crippen LogP) is 5.61.